The zero-order valence-electron chi connectivity index (χ0n) is 18.3. The molecule has 4 rings (SSSR count). The van der Waals surface area contributed by atoms with Crippen molar-refractivity contribution in [2.45, 2.75) is 58.2 Å². The molecule has 3 heterocycles. The molecule has 2 aromatic rings. The summed E-state index contributed by atoms with van der Waals surface area (Å²) >= 11 is 0. The van der Waals surface area contributed by atoms with Crippen molar-refractivity contribution in [1.82, 2.24) is 14.9 Å². The van der Waals surface area contributed by atoms with Crippen LogP contribution in [0, 0.1) is 13.8 Å². The molecule has 0 bridgehead atoms. The number of carbonyl (C=O) groups is 2. The highest BCUT2D eigenvalue weighted by molar-refractivity contribution is 5.95. The molecular weight excluding hydrogens is 392 g/mol. The van der Waals surface area contributed by atoms with E-state index in [4.69, 9.17) is 4.74 Å². The lowest BCUT2D eigenvalue weighted by molar-refractivity contribution is -0.120. The van der Waals surface area contributed by atoms with Crippen LogP contribution in [0.2, 0.25) is 0 Å². The smallest absolute Gasteiger partial charge is 0.272 e. The van der Waals surface area contributed by atoms with Crippen LogP contribution in [0.3, 0.4) is 0 Å². The Bertz CT molecular complexity index is 934. The molecule has 1 unspecified atom stereocenters. The number of likely N-dealkylation sites (tertiary alicyclic amines) is 1. The summed E-state index contributed by atoms with van der Waals surface area (Å²) in [5.41, 5.74) is 3.60. The van der Waals surface area contributed by atoms with E-state index in [0.717, 1.165) is 24.8 Å². The minimum atomic E-state index is -0.135. The third kappa shape index (κ3) is 5.10. The Morgan fingerprint density at radius 3 is 2.61 bits per heavy atom. The molecule has 0 aliphatic carbocycles. The number of nitrogens with zero attached hydrogens (tertiary/aromatic N) is 3. The van der Waals surface area contributed by atoms with Gasteiger partial charge in [0.2, 0.25) is 0 Å². The number of anilines is 1. The maximum absolute atomic E-state index is 12.9. The summed E-state index contributed by atoms with van der Waals surface area (Å²) < 4.78 is 6.34. The number of aromatic nitrogens is 2. The third-order valence-corrected chi connectivity index (χ3v) is 6.19. The second-order valence-electron chi connectivity index (χ2n) is 8.50. The summed E-state index contributed by atoms with van der Waals surface area (Å²) in [5, 5.41) is 3.37. The van der Waals surface area contributed by atoms with Gasteiger partial charge in [0.1, 0.15) is 23.6 Å². The number of piperidine rings is 1. The van der Waals surface area contributed by atoms with Crippen LogP contribution in [-0.4, -0.2) is 52.3 Å². The van der Waals surface area contributed by atoms with Gasteiger partial charge in [-0.2, -0.15) is 0 Å². The van der Waals surface area contributed by atoms with Gasteiger partial charge in [-0.05, 0) is 38.7 Å². The van der Waals surface area contributed by atoms with Gasteiger partial charge in [-0.15, -0.1) is 0 Å². The molecule has 7 nitrogen and oxygen atoms in total. The lowest BCUT2D eigenvalue weighted by Crippen LogP contribution is -2.39. The van der Waals surface area contributed by atoms with Gasteiger partial charge < -0.3 is 15.0 Å². The Labute approximate surface area is 183 Å². The number of hydrogen-bond donors (Lipinski definition) is 1. The maximum atomic E-state index is 12.9. The normalized spacial score (nSPS) is 21.7. The molecule has 2 fully saturated rings. The van der Waals surface area contributed by atoms with Crippen molar-refractivity contribution in [3.05, 3.63) is 53.0 Å². The molecule has 2 aliphatic rings. The second-order valence-corrected chi connectivity index (χ2v) is 8.50. The number of amides is 1. The van der Waals surface area contributed by atoms with E-state index < -0.39 is 0 Å². The zero-order chi connectivity index (χ0) is 21.8. The minimum absolute atomic E-state index is 0.0849. The fraction of sp³-hybridized carbons (Fsp3) is 0.500. The number of aryl methyl sites for hydroxylation is 1. The molecule has 1 aromatic heterocycles. The fourth-order valence-electron chi connectivity index (χ4n) is 4.24. The standard InChI is InChI=1S/C24H30N4O3/c1-16-6-8-18(9-7-16)21-5-3-4-20(31-21)14-25-23-17(2)22(26-15-27-23)24(30)28-12-10-19(29)11-13-28/h6-9,15,20-21H,3-5,10-14H2,1-2H3,(H,25,26,27)/t20?,21-/m0/s1. The van der Waals surface area contributed by atoms with Gasteiger partial charge in [-0.25, -0.2) is 9.97 Å². The van der Waals surface area contributed by atoms with E-state index in [2.05, 4.69) is 46.5 Å². The first-order chi connectivity index (χ1) is 15.0. The molecule has 0 saturated carbocycles. The van der Waals surface area contributed by atoms with Crippen LogP contribution in [-0.2, 0) is 9.53 Å². The zero-order valence-corrected chi connectivity index (χ0v) is 18.3. The molecule has 2 aliphatic heterocycles. The molecule has 1 N–H and O–H groups in total. The van der Waals surface area contributed by atoms with E-state index in [9.17, 15) is 9.59 Å². The van der Waals surface area contributed by atoms with Gasteiger partial charge in [0, 0.05) is 38.0 Å². The highest BCUT2D eigenvalue weighted by atomic mass is 16.5. The highest BCUT2D eigenvalue weighted by Crippen LogP contribution is 2.31. The van der Waals surface area contributed by atoms with E-state index in [1.54, 1.807) is 4.90 Å². The first-order valence-corrected chi connectivity index (χ1v) is 11.1. The lowest BCUT2D eigenvalue weighted by Gasteiger charge is -2.31. The third-order valence-electron chi connectivity index (χ3n) is 6.19. The number of carbonyl (C=O) groups excluding carboxylic acids is 2. The highest BCUT2D eigenvalue weighted by Gasteiger charge is 2.26. The number of ketones is 1. The van der Waals surface area contributed by atoms with Gasteiger partial charge in [0.05, 0.1) is 12.2 Å². The largest absolute Gasteiger partial charge is 0.368 e. The van der Waals surface area contributed by atoms with Gasteiger partial charge in [0.25, 0.3) is 5.91 Å². The number of Topliss-reactive ketones (excluding diaryl/α,β-unsaturated/α-hetero) is 1. The summed E-state index contributed by atoms with van der Waals surface area (Å²) in [4.78, 5) is 34.6. The van der Waals surface area contributed by atoms with E-state index in [-0.39, 0.29) is 23.9 Å². The predicted molar refractivity (Wildman–Crippen MR) is 118 cm³/mol. The van der Waals surface area contributed by atoms with Crippen molar-refractivity contribution in [2.75, 3.05) is 25.0 Å². The Morgan fingerprint density at radius 2 is 1.87 bits per heavy atom. The quantitative estimate of drug-likeness (QED) is 0.792. The summed E-state index contributed by atoms with van der Waals surface area (Å²) in [7, 11) is 0. The molecule has 2 atom stereocenters. The van der Waals surface area contributed by atoms with Gasteiger partial charge in [0.15, 0.2) is 0 Å². The second kappa shape index (κ2) is 9.56. The van der Waals surface area contributed by atoms with Crippen molar-refractivity contribution >= 4 is 17.5 Å². The van der Waals surface area contributed by atoms with E-state index >= 15 is 0 Å². The minimum Gasteiger partial charge on any atom is -0.368 e. The van der Waals surface area contributed by atoms with Crippen molar-refractivity contribution in [2.24, 2.45) is 0 Å². The van der Waals surface area contributed by atoms with E-state index in [1.165, 1.54) is 17.5 Å². The van der Waals surface area contributed by atoms with Crippen LogP contribution in [0.1, 0.15) is 65.4 Å². The monoisotopic (exact) mass is 422 g/mol. The lowest BCUT2D eigenvalue weighted by atomic mass is 9.97. The first-order valence-electron chi connectivity index (χ1n) is 11.1. The van der Waals surface area contributed by atoms with E-state index in [0.29, 0.717) is 44.0 Å². The molecule has 0 spiro atoms. The first kappa shape index (κ1) is 21.4. The Balaban J connectivity index is 1.38. The molecule has 31 heavy (non-hydrogen) atoms. The Hall–Kier alpha value is -2.80. The van der Waals surface area contributed by atoms with Crippen LogP contribution in [0.4, 0.5) is 5.82 Å². The van der Waals surface area contributed by atoms with Crippen molar-refractivity contribution < 1.29 is 14.3 Å². The number of hydrogen-bond acceptors (Lipinski definition) is 6. The summed E-state index contributed by atoms with van der Waals surface area (Å²) in [5.74, 6) is 0.735. The predicted octanol–water partition coefficient (Wildman–Crippen LogP) is 3.62. The molecule has 0 radical (unpaired) electrons. The summed E-state index contributed by atoms with van der Waals surface area (Å²) in [6, 6.07) is 8.55. The molecule has 1 aromatic carbocycles. The van der Waals surface area contributed by atoms with Crippen LogP contribution in [0.25, 0.3) is 0 Å². The Kier molecular flexibility index (Phi) is 6.61. The molecule has 2 saturated heterocycles. The Morgan fingerprint density at radius 1 is 1.13 bits per heavy atom. The van der Waals surface area contributed by atoms with Crippen molar-refractivity contribution in [1.29, 1.82) is 0 Å². The van der Waals surface area contributed by atoms with E-state index in [1.807, 2.05) is 6.92 Å². The topological polar surface area (TPSA) is 84.4 Å². The summed E-state index contributed by atoms with van der Waals surface area (Å²) in [6.45, 7) is 5.50. The number of ether oxygens (including phenoxy) is 1. The van der Waals surface area contributed by atoms with Gasteiger partial charge in [-0.3, -0.25) is 9.59 Å². The average molecular weight is 423 g/mol. The van der Waals surface area contributed by atoms with Crippen molar-refractivity contribution in [3.8, 4) is 0 Å². The van der Waals surface area contributed by atoms with Gasteiger partial charge in [-0.1, -0.05) is 29.8 Å². The van der Waals surface area contributed by atoms with Crippen LogP contribution in [0.15, 0.2) is 30.6 Å². The fourth-order valence-corrected chi connectivity index (χ4v) is 4.24. The van der Waals surface area contributed by atoms with Crippen LogP contribution < -0.4 is 5.32 Å². The molecule has 7 heteroatoms. The average Bonchev–Trinajstić information content (AvgIpc) is 2.79. The molecule has 164 valence electrons. The summed E-state index contributed by atoms with van der Waals surface area (Å²) in [6.07, 6.45) is 5.60. The van der Waals surface area contributed by atoms with Crippen LogP contribution >= 0.6 is 0 Å². The maximum Gasteiger partial charge on any atom is 0.272 e. The van der Waals surface area contributed by atoms with Crippen molar-refractivity contribution in [3.63, 3.8) is 0 Å². The number of benzene rings is 1. The number of nitrogens with one attached hydrogen (secondary N) is 1. The molecular formula is C24H30N4O3. The SMILES string of the molecule is Cc1ccc([C@@H]2CCCC(CNc3ncnc(C(=O)N4CCC(=O)CC4)c3C)O2)cc1. The van der Waals surface area contributed by atoms with Crippen LogP contribution in [0.5, 0.6) is 0 Å². The molecule has 1 amide bonds. The number of rotatable bonds is 5. The van der Waals surface area contributed by atoms with Gasteiger partial charge >= 0.3 is 0 Å².